The Labute approximate surface area is 98.6 Å². The van der Waals surface area contributed by atoms with E-state index < -0.39 is 17.5 Å². The van der Waals surface area contributed by atoms with Crippen LogP contribution in [0.4, 0.5) is 0 Å². The van der Waals surface area contributed by atoms with Gasteiger partial charge in [-0.05, 0) is 27.7 Å². The summed E-state index contributed by atoms with van der Waals surface area (Å²) in [6.45, 7) is 6.87. The molecule has 0 aliphatic carbocycles. The van der Waals surface area contributed by atoms with E-state index in [1.54, 1.807) is 33.2 Å². The van der Waals surface area contributed by atoms with Crippen LogP contribution in [0.2, 0.25) is 0 Å². The Morgan fingerprint density at radius 3 is 2.50 bits per heavy atom. The predicted octanol–water partition coefficient (Wildman–Crippen LogP) is 2.30. The standard InChI is InChI=1S/C11H15NO3S/c1-7(10(14)15-11(2,3)4)9(13)8-5-12-6-16-8/h5-7H,1-4H3. The lowest BCUT2D eigenvalue weighted by Crippen LogP contribution is -2.31. The van der Waals surface area contributed by atoms with Crippen molar-refractivity contribution in [1.82, 2.24) is 4.98 Å². The lowest BCUT2D eigenvalue weighted by molar-refractivity contribution is -0.157. The van der Waals surface area contributed by atoms with Crippen molar-refractivity contribution in [3.8, 4) is 0 Å². The van der Waals surface area contributed by atoms with Crippen LogP contribution >= 0.6 is 11.3 Å². The van der Waals surface area contributed by atoms with Crippen LogP contribution in [0.1, 0.15) is 37.4 Å². The second kappa shape index (κ2) is 4.74. The third-order valence-corrected chi connectivity index (χ3v) is 2.62. The molecule has 0 saturated heterocycles. The highest BCUT2D eigenvalue weighted by Gasteiger charge is 2.28. The summed E-state index contributed by atoms with van der Waals surface area (Å²) < 4.78 is 5.14. The van der Waals surface area contributed by atoms with Crippen LogP contribution in [0.5, 0.6) is 0 Å². The molecule has 1 heterocycles. The zero-order chi connectivity index (χ0) is 12.3. The number of ketones is 1. The topological polar surface area (TPSA) is 56.3 Å². The molecule has 0 fully saturated rings. The van der Waals surface area contributed by atoms with Gasteiger partial charge in [0.25, 0.3) is 0 Å². The van der Waals surface area contributed by atoms with E-state index in [9.17, 15) is 9.59 Å². The van der Waals surface area contributed by atoms with Gasteiger partial charge < -0.3 is 4.74 Å². The first-order valence-electron chi connectivity index (χ1n) is 4.97. The van der Waals surface area contributed by atoms with E-state index in [1.165, 1.54) is 17.5 Å². The summed E-state index contributed by atoms with van der Waals surface area (Å²) in [6, 6.07) is 0. The number of carbonyl (C=O) groups excluding carboxylic acids is 2. The van der Waals surface area contributed by atoms with E-state index in [2.05, 4.69) is 4.98 Å². The highest BCUT2D eigenvalue weighted by molar-refractivity contribution is 7.11. The molecule has 0 amide bonds. The molecule has 0 aromatic carbocycles. The maximum atomic E-state index is 11.8. The van der Waals surface area contributed by atoms with Gasteiger partial charge in [-0.15, -0.1) is 11.3 Å². The number of nitrogens with zero attached hydrogens (tertiary/aromatic N) is 1. The van der Waals surface area contributed by atoms with Crippen molar-refractivity contribution in [2.45, 2.75) is 33.3 Å². The van der Waals surface area contributed by atoms with E-state index >= 15 is 0 Å². The van der Waals surface area contributed by atoms with Crippen LogP contribution in [0.3, 0.4) is 0 Å². The zero-order valence-electron chi connectivity index (χ0n) is 9.81. The highest BCUT2D eigenvalue weighted by Crippen LogP contribution is 2.17. The number of hydrogen-bond acceptors (Lipinski definition) is 5. The van der Waals surface area contributed by atoms with Gasteiger partial charge in [0.2, 0.25) is 0 Å². The van der Waals surface area contributed by atoms with Crippen LogP contribution < -0.4 is 0 Å². The highest BCUT2D eigenvalue weighted by atomic mass is 32.1. The molecule has 0 bridgehead atoms. The number of thiazole rings is 1. The lowest BCUT2D eigenvalue weighted by atomic mass is 10.1. The van der Waals surface area contributed by atoms with E-state index in [-0.39, 0.29) is 5.78 Å². The maximum Gasteiger partial charge on any atom is 0.317 e. The van der Waals surface area contributed by atoms with Gasteiger partial charge in [0.1, 0.15) is 11.5 Å². The molecule has 1 aromatic rings. The molecule has 1 aromatic heterocycles. The summed E-state index contributed by atoms with van der Waals surface area (Å²) in [7, 11) is 0. The number of aromatic nitrogens is 1. The molecule has 0 aliphatic heterocycles. The fourth-order valence-corrected chi connectivity index (χ4v) is 1.70. The molecule has 1 atom stereocenters. The molecule has 0 spiro atoms. The first-order chi connectivity index (χ1) is 7.31. The Balaban J connectivity index is 2.68. The molecule has 1 unspecified atom stereocenters. The van der Waals surface area contributed by atoms with E-state index in [0.717, 1.165) is 0 Å². The quantitative estimate of drug-likeness (QED) is 0.463. The number of Topliss-reactive ketones (excluding diaryl/α,β-unsaturated/α-hetero) is 1. The summed E-state index contributed by atoms with van der Waals surface area (Å²) in [5.74, 6) is -1.51. The molecule has 16 heavy (non-hydrogen) atoms. The Kier molecular flexibility index (Phi) is 3.80. The first-order valence-corrected chi connectivity index (χ1v) is 5.85. The molecule has 1 rings (SSSR count). The van der Waals surface area contributed by atoms with Gasteiger partial charge in [-0.25, -0.2) is 0 Å². The fourth-order valence-electron chi connectivity index (χ4n) is 1.05. The Hall–Kier alpha value is -1.23. The summed E-state index contributed by atoms with van der Waals surface area (Å²) >= 11 is 1.23. The number of rotatable bonds is 3. The van der Waals surface area contributed by atoms with Gasteiger partial charge in [0.05, 0.1) is 10.4 Å². The lowest BCUT2D eigenvalue weighted by Gasteiger charge is -2.21. The van der Waals surface area contributed by atoms with Gasteiger partial charge in [0, 0.05) is 6.20 Å². The third-order valence-electron chi connectivity index (χ3n) is 1.83. The van der Waals surface area contributed by atoms with Crippen molar-refractivity contribution in [1.29, 1.82) is 0 Å². The molecular formula is C11H15NO3S. The van der Waals surface area contributed by atoms with E-state index in [1.807, 2.05) is 0 Å². The van der Waals surface area contributed by atoms with E-state index in [4.69, 9.17) is 4.74 Å². The molecule has 0 N–H and O–H groups in total. The third kappa shape index (κ3) is 3.41. The van der Waals surface area contributed by atoms with E-state index in [0.29, 0.717) is 4.88 Å². The number of esters is 1. The van der Waals surface area contributed by atoms with Gasteiger partial charge in [-0.1, -0.05) is 0 Å². The first kappa shape index (κ1) is 12.8. The summed E-state index contributed by atoms with van der Waals surface area (Å²) in [4.78, 5) is 27.7. The van der Waals surface area contributed by atoms with Crippen molar-refractivity contribution >= 4 is 23.1 Å². The Morgan fingerprint density at radius 2 is 2.06 bits per heavy atom. The van der Waals surface area contributed by atoms with Gasteiger partial charge >= 0.3 is 5.97 Å². The molecule has 0 radical (unpaired) electrons. The zero-order valence-corrected chi connectivity index (χ0v) is 10.6. The molecular weight excluding hydrogens is 226 g/mol. The summed E-state index contributed by atoms with van der Waals surface area (Å²) in [6.07, 6.45) is 1.47. The molecule has 0 aliphatic rings. The van der Waals surface area contributed by atoms with Crippen LogP contribution in [-0.2, 0) is 9.53 Å². The Bertz CT molecular complexity index is 378. The summed E-state index contributed by atoms with van der Waals surface area (Å²) in [5, 5.41) is 0. The molecule has 88 valence electrons. The number of carbonyl (C=O) groups is 2. The van der Waals surface area contributed by atoms with Crippen molar-refractivity contribution < 1.29 is 14.3 Å². The maximum absolute atomic E-state index is 11.8. The van der Waals surface area contributed by atoms with Crippen LogP contribution in [0.15, 0.2) is 11.7 Å². The van der Waals surface area contributed by atoms with Crippen LogP contribution in [-0.4, -0.2) is 22.3 Å². The second-order valence-electron chi connectivity index (χ2n) is 4.49. The Morgan fingerprint density at radius 1 is 1.44 bits per heavy atom. The largest absolute Gasteiger partial charge is 0.459 e. The van der Waals surface area contributed by atoms with Gasteiger partial charge in [0.15, 0.2) is 5.78 Å². The van der Waals surface area contributed by atoms with Gasteiger partial charge in [-0.3, -0.25) is 14.6 Å². The SMILES string of the molecule is CC(C(=O)OC(C)(C)C)C(=O)c1cncs1. The van der Waals surface area contributed by atoms with Crippen LogP contribution in [0.25, 0.3) is 0 Å². The van der Waals surface area contributed by atoms with Crippen molar-refractivity contribution in [2.75, 3.05) is 0 Å². The van der Waals surface area contributed by atoms with Crippen molar-refractivity contribution in [3.63, 3.8) is 0 Å². The molecule has 5 heteroatoms. The average molecular weight is 241 g/mol. The smallest absolute Gasteiger partial charge is 0.317 e. The minimum absolute atomic E-state index is 0.239. The molecule has 4 nitrogen and oxygen atoms in total. The number of ether oxygens (including phenoxy) is 1. The monoisotopic (exact) mass is 241 g/mol. The fraction of sp³-hybridized carbons (Fsp3) is 0.545. The second-order valence-corrected chi connectivity index (χ2v) is 5.37. The van der Waals surface area contributed by atoms with Crippen LogP contribution in [0, 0.1) is 5.92 Å². The minimum Gasteiger partial charge on any atom is -0.459 e. The minimum atomic E-state index is -0.778. The predicted molar refractivity (Wildman–Crippen MR) is 61.5 cm³/mol. The van der Waals surface area contributed by atoms with Crippen molar-refractivity contribution in [3.05, 3.63) is 16.6 Å². The normalized spacial score (nSPS) is 13.2. The van der Waals surface area contributed by atoms with Crippen molar-refractivity contribution in [2.24, 2.45) is 5.92 Å². The summed E-state index contributed by atoms with van der Waals surface area (Å²) in [5.41, 5.74) is 0.994. The average Bonchev–Trinajstić information content (AvgIpc) is 2.65. The molecule has 0 saturated carbocycles. The van der Waals surface area contributed by atoms with Gasteiger partial charge in [-0.2, -0.15) is 0 Å². The number of hydrogen-bond donors (Lipinski definition) is 0.